The minimum atomic E-state index is -0.914. The maximum absolute atomic E-state index is 15.1. The average molecular weight is 448 g/mol. The molecule has 1 fully saturated rings. The smallest absolute Gasteiger partial charge is 0.317 e. The van der Waals surface area contributed by atoms with Crippen molar-refractivity contribution >= 4 is 29.2 Å². The molecule has 0 saturated carbocycles. The predicted molar refractivity (Wildman–Crippen MR) is 121 cm³/mol. The number of rotatable bonds is 2. The van der Waals surface area contributed by atoms with E-state index in [9.17, 15) is 9.59 Å². The van der Waals surface area contributed by atoms with Gasteiger partial charge in [-0.15, -0.1) is 0 Å². The molecule has 0 spiro atoms. The fourth-order valence-corrected chi connectivity index (χ4v) is 3.97. The first kappa shape index (κ1) is 21.5. The SMILES string of the molecule is CN1C(=O)N(c2c(F)cc(C#Cc3ccccc3)cc2Cl)C(=O)CC1(C)c1cccnc1. The van der Waals surface area contributed by atoms with Crippen molar-refractivity contribution in [3.63, 3.8) is 0 Å². The molecule has 1 aromatic heterocycles. The first-order valence-electron chi connectivity index (χ1n) is 9.88. The van der Waals surface area contributed by atoms with Crippen molar-refractivity contribution in [1.82, 2.24) is 9.88 Å². The number of anilines is 1. The van der Waals surface area contributed by atoms with Crippen LogP contribution in [0.5, 0.6) is 0 Å². The molecule has 1 aliphatic rings. The molecule has 0 radical (unpaired) electrons. The van der Waals surface area contributed by atoms with Crippen LogP contribution in [0, 0.1) is 17.7 Å². The maximum Gasteiger partial charge on any atom is 0.331 e. The molecule has 3 amide bonds. The van der Waals surface area contributed by atoms with E-state index in [-0.39, 0.29) is 17.1 Å². The summed E-state index contributed by atoms with van der Waals surface area (Å²) in [5.74, 6) is 4.44. The maximum atomic E-state index is 15.1. The Morgan fingerprint density at radius 3 is 2.44 bits per heavy atom. The summed E-state index contributed by atoms with van der Waals surface area (Å²) in [6.45, 7) is 1.78. The molecule has 32 heavy (non-hydrogen) atoms. The molecular formula is C25H19ClFN3O2. The van der Waals surface area contributed by atoms with E-state index in [0.717, 1.165) is 10.5 Å². The Hall–Kier alpha value is -3.69. The summed E-state index contributed by atoms with van der Waals surface area (Å²) in [5, 5.41) is -0.0672. The average Bonchev–Trinajstić information content (AvgIpc) is 2.79. The zero-order valence-corrected chi connectivity index (χ0v) is 18.2. The summed E-state index contributed by atoms with van der Waals surface area (Å²) < 4.78 is 15.1. The van der Waals surface area contributed by atoms with Gasteiger partial charge in [0.15, 0.2) is 0 Å². The second-order valence-electron chi connectivity index (χ2n) is 7.67. The highest BCUT2D eigenvalue weighted by molar-refractivity contribution is 6.35. The zero-order valence-electron chi connectivity index (χ0n) is 17.5. The van der Waals surface area contributed by atoms with Gasteiger partial charge in [0.2, 0.25) is 5.91 Å². The summed E-state index contributed by atoms with van der Waals surface area (Å²) in [5.41, 5.74) is 0.633. The Morgan fingerprint density at radius 1 is 1.06 bits per heavy atom. The van der Waals surface area contributed by atoms with Crippen molar-refractivity contribution in [1.29, 1.82) is 0 Å². The Bertz CT molecular complexity index is 1230. The number of aromatic nitrogens is 1. The molecule has 1 aliphatic heterocycles. The molecule has 0 N–H and O–H groups in total. The number of hydrogen-bond donors (Lipinski definition) is 0. The fourth-order valence-electron chi connectivity index (χ4n) is 3.67. The monoisotopic (exact) mass is 447 g/mol. The number of halogens is 2. The summed E-state index contributed by atoms with van der Waals surface area (Å²) in [7, 11) is 1.57. The van der Waals surface area contributed by atoms with Gasteiger partial charge in [-0.25, -0.2) is 14.1 Å². The Balaban J connectivity index is 1.68. The van der Waals surface area contributed by atoms with Gasteiger partial charge in [0.05, 0.1) is 17.0 Å². The van der Waals surface area contributed by atoms with E-state index in [2.05, 4.69) is 16.8 Å². The lowest BCUT2D eigenvalue weighted by Gasteiger charge is -2.45. The van der Waals surface area contributed by atoms with Crippen LogP contribution in [0.15, 0.2) is 67.0 Å². The van der Waals surface area contributed by atoms with Crippen LogP contribution in [0.4, 0.5) is 14.9 Å². The molecule has 1 unspecified atom stereocenters. The summed E-state index contributed by atoms with van der Waals surface area (Å²) in [6, 6.07) is 14.7. The molecule has 2 heterocycles. The van der Waals surface area contributed by atoms with Crippen LogP contribution in [-0.4, -0.2) is 28.9 Å². The van der Waals surface area contributed by atoms with Crippen molar-refractivity contribution in [3.05, 3.63) is 94.5 Å². The summed E-state index contributed by atoms with van der Waals surface area (Å²) >= 11 is 6.33. The quantitative estimate of drug-likeness (QED) is 0.521. The van der Waals surface area contributed by atoms with Crippen molar-refractivity contribution in [2.45, 2.75) is 18.9 Å². The lowest BCUT2D eigenvalue weighted by Crippen LogP contribution is -2.60. The standard InChI is InChI=1S/C25H19ClFN3O2/c1-25(19-9-6-12-28-16-19)15-22(31)30(24(32)29(25)2)23-20(26)13-18(14-21(23)27)11-10-17-7-4-3-5-8-17/h3-9,12-14,16H,15H2,1-2H3. The van der Waals surface area contributed by atoms with E-state index in [4.69, 9.17) is 11.6 Å². The van der Waals surface area contributed by atoms with Gasteiger partial charge in [-0.05, 0) is 42.8 Å². The molecule has 7 heteroatoms. The molecule has 2 aromatic carbocycles. The Labute approximate surface area is 190 Å². The highest BCUT2D eigenvalue weighted by Gasteiger charge is 2.47. The third-order valence-corrected chi connectivity index (χ3v) is 5.90. The first-order chi connectivity index (χ1) is 15.3. The van der Waals surface area contributed by atoms with Crippen molar-refractivity contribution in [2.75, 3.05) is 11.9 Å². The van der Waals surface area contributed by atoms with Gasteiger partial charge in [-0.2, -0.15) is 0 Å². The highest BCUT2D eigenvalue weighted by Crippen LogP contribution is 2.40. The third kappa shape index (κ3) is 3.83. The van der Waals surface area contributed by atoms with Crippen molar-refractivity contribution in [3.8, 4) is 11.8 Å². The van der Waals surface area contributed by atoms with Crippen LogP contribution in [0.2, 0.25) is 5.02 Å². The van der Waals surface area contributed by atoms with Crippen molar-refractivity contribution in [2.24, 2.45) is 0 Å². The second-order valence-corrected chi connectivity index (χ2v) is 8.07. The van der Waals surface area contributed by atoms with Crippen LogP contribution in [-0.2, 0) is 10.3 Å². The van der Waals surface area contributed by atoms with E-state index in [0.29, 0.717) is 11.1 Å². The number of nitrogens with zero attached hydrogens (tertiary/aromatic N) is 3. The third-order valence-electron chi connectivity index (χ3n) is 5.61. The number of imide groups is 1. The highest BCUT2D eigenvalue weighted by atomic mass is 35.5. The number of carbonyl (C=O) groups is 2. The van der Waals surface area contributed by atoms with Gasteiger partial charge >= 0.3 is 6.03 Å². The first-order valence-corrected chi connectivity index (χ1v) is 10.3. The minimum absolute atomic E-state index is 0.0493. The number of carbonyl (C=O) groups excluding carboxylic acids is 2. The molecule has 0 bridgehead atoms. The molecule has 4 rings (SSSR count). The van der Waals surface area contributed by atoms with E-state index >= 15 is 4.39 Å². The van der Waals surface area contributed by atoms with E-state index in [1.807, 2.05) is 30.3 Å². The van der Waals surface area contributed by atoms with Crippen LogP contribution in [0.25, 0.3) is 0 Å². The van der Waals surface area contributed by atoms with Crippen LogP contribution >= 0.6 is 11.6 Å². The molecular weight excluding hydrogens is 429 g/mol. The normalized spacial score (nSPS) is 18.4. The minimum Gasteiger partial charge on any atom is -0.317 e. The van der Waals surface area contributed by atoms with Gasteiger partial charge in [0.1, 0.15) is 11.5 Å². The number of amides is 3. The zero-order chi connectivity index (χ0) is 22.9. The van der Waals surface area contributed by atoms with Gasteiger partial charge < -0.3 is 4.90 Å². The van der Waals surface area contributed by atoms with E-state index in [1.165, 1.54) is 17.0 Å². The predicted octanol–water partition coefficient (Wildman–Crippen LogP) is 4.98. The summed E-state index contributed by atoms with van der Waals surface area (Å²) in [4.78, 5) is 32.5. The molecule has 3 aromatic rings. The molecule has 160 valence electrons. The summed E-state index contributed by atoms with van der Waals surface area (Å²) in [6.07, 6.45) is 3.18. The van der Waals surface area contributed by atoms with Crippen molar-refractivity contribution < 1.29 is 14.0 Å². The van der Waals surface area contributed by atoms with Gasteiger partial charge in [0, 0.05) is 30.6 Å². The number of urea groups is 1. The lowest BCUT2D eigenvalue weighted by molar-refractivity contribution is -0.122. The van der Waals surface area contributed by atoms with Gasteiger partial charge in [0.25, 0.3) is 0 Å². The Kier molecular flexibility index (Phi) is 5.68. The fraction of sp³-hybridized carbons (Fsp3) is 0.160. The molecule has 1 atom stereocenters. The van der Waals surface area contributed by atoms with E-state index in [1.54, 1.807) is 38.5 Å². The second kappa shape index (κ2) is 8.45. The van der Waals surface area contributed by atoms with Gasteiger partial charge in [-0.1, -0.05) is 47.7 Å². The Morgan fingerprint density at radius 2 is 1.78 bits per heavy atom. The van der Waals surface area contributed by atoms with Crippen LogP contribution in [0.3, 0.4) is 0 Å². The topological polar surface area (TPSA) is 53.5 Å². The molecule has 5 nitrogen and oxygen atoms in total. The van der Waals surface area contributed by atoms with Crippen LogP contribution < -0.4 is 4.90 Å². The van der Waals surface area contributed by atoms with E-state index < -0.39 is 23.3 Å². The largest absolute Gasteiger partial charge is 0.331 e. The van der Waals surface area contributed by atoms with Gasteiger partial charge in [-0.3, -0.25) is 9.78 Å². The number of benzene rings is 2. The number of hydrogen-bond acceptors (Lipinski definition) is 3. The number of pyridine rings is 1. The van der Waals surface area contributed by atoms with Crippen LogP contribution in [0.1, 0.15) is 30.0 Å². The molecule has 0 aliphatic carbocycles. The lowest BCUT2D eigenvalue weighted by atomic mass is 9.86. The molecule has 1 saturated heterocycles.